The molecule has 0 aromatic rings. The molecule has 3 aliphatic rings. The number of nitrogens with zero attached hydrogens (tertiary/aromatic N) is 3. The number of nitrogens with one attached hydrogen (secondary N) is 1. The van der Waals surface area contributed by atoms with E-state index >= 15 is 0 Å². The van der Waals surface area contributed by atoms with E-state index in [4.69, 9.17) is 0 Å². The summed E-state index contributed by atoms with van der Waals surface area (Å²) in [4.78, 5) is 19.3. The van der Waals surface area contributed by atoms with Crippen molar-refractivity contribution in [2.45, 2.75) is 12.6 Å². The molecule has 1 atom stereocenters. The highest BCUT2D eigenvalue weighted by Gasteiger charge is 2.37. The van der Waals surface area contributed by atoms with E-state index in [2.05, 4.69) is 15.2 Å². The van der Waals surface area contributed by atoms with Crippen molar-refractivity contribution in [2.75, 3.05) is 19.6 Å². The lowest BCUT2D eigenvalue weighted by molar-refractivity contribution is 0.147. The monoisotopic (exact) mass is 192 g/mol. The molecule has 0 saturated carbocycles. The molecule has 5 nitrogen and oxygen atoms in total. The SMILES string of the molecule is O=C1N=CCC2N1C=C1CNCCN12. The second-order valence-corrected chi connectivity index (χ2v) is 3.71. The lowest BCUT2D eigenvalue weighted by atomic mass is 10.2. The van der Waals surface area contributed by atoms with E-state index in [-0.39, 0.29) is 12.2 Å². The molecule has 0 aromatic heterocycles. The molecule has 0 radical (unpaired) electrons. The molecule has 1 saturated heterocycles. The van der Waals surface area contributed by atoms with Crippen molar-refractivity contribution >= 4 is 12.2 Å². The summed E-state index contributed by atoms with van der Waals surface area (Å²) in [5, 5.41) is 3.29. The van der Waals surface area contributed by atoms with Gasteiger partial charge in [0, 0.05) is 44.2 Å². The van der Waals surface area contributed by atoms with Gasteiger partial charge in [0.2, 0.25) is 0 Å². The van der Waals surface area contributed by atoms with Crippen LogP contribution in [0.1, 0.15) is 6.42 Å². The third-order valence-corrected chi connectivity index (χ3v) is 2.91. The van der Waals surface area contributed by atoms with E-state index in [1.165, 1.54) is 5.70 Å². The fraction of sp³-hybridized carbons (Fsp3) is 0.556. The summed E-state index contributed by atoms with van der Waals surface area (Å²) in [6.45, 7) is 2.83. The lowest BCUT2D eigenvalue weighted by Gasteiger charge is -2.35. The van der Waals surface area contributed by atoms with Gasteiger partial charge in [-0.05, 0) is 0 Å². The molecule has 0 spiro atoms. The Morgan fingerprint density at radius 1 is 1.57 bits per heavy atom. The molecule has 3 heterocycles. The summed E-state index contributed by atoms with van der Waals surface area (Å²) in [6.07, 6.45) is 4.68. The van der Waals surface area contributed by atoms with Gasteiger partial charge in [-0.1, -0.05) is 0 Å². The number of urea groups is 1. The average molecular weight is 192 g/mol. The van der Waals surface area contributed by atoms with Gasteiger partial charge in [0.1, 0.15) is 6.17 Å². The minimum atomic E-state index is -0.136. The van der Waals surface area contributed by atoms with Crippen molar-refractivity contribution in [3.05, 3.63) is 11.9 Å². The van der Waals surface area contributed by atoms with Crippen LogP contribution in [0.15, 0.2) is 16.9 Å². The Morgan fingerprint density at radius 2 is 2.50 bits per heavy atom. The number of carbonyl (C=O) groups excluding carboxylic acids is 1. The predicted octanol–water partition coefficient (Wildman–Crippen LogP) is -0.0308. The largest absolute Gasteiger partial charge is 0.350 e. The fourth-order valence-electron chi connectivity index (χ4n) is 2.23. The van der Waals surface area contributed by atoms with Crippen LogP contribution in [-0.2, 0) is 0 Å². The second kappa shape index (κ2) is 2.81. The van der Waals surface area contributed by atoms with Gasteiger partial charge in [0.15, 0.2) is 0 Å². The Kier molecular flexibility index (Phi) is 1.61. The zero-order valence-corrected chi connectivity index (χ0v) is 7.81. The predicted molar refractivity (Wildman–Crippen MR) is 51.8 cm³/mol. The van der Waals surface area contributed by atoms with Gasteiger partial charge in [-0.2, -0.15) is 0 Å². The Morgan fingerprint density at radius 3 is 3.43 bits per heavy atom. The lowest BCUT2D eigenvalue weighted by Crippen LogP contribution is -2.49. The Bertz CT molecular complexity index is 336. The highest BCUT2D eigenvalue weighted by molar-refractivity contribution is 5.87. The van der Waals surface area contributed by atoms with E-state index in [1.807, 2.05) is 6.20 Å². The maximum atomic E-state index is 11.5. The topological polar surface area (TPSA) is 47.9 Å². The summed E-state index contributed by atoms with van der Waals surface area (Å²) in [5.41, 5.74) is 1.21. The van der Waals surface area contributed by atoms with Crippen LogP contribution >= 0.6 is 0 Å². The van der Waals surface area contributed by atoms with Crippen molar-refractivity contribution in [2.24, 2.45) is 4.99 Å². The van der Waals surface area contributed by atoms with Crippen molar-refractivity contribution < 1.29 is 4.79 Å². The molecule has 2 amide bonds. The van der Waals surface area contributed by atoms with Gasteiger partial charge >= 0.3 is 6.03 Å². The van der Waals surface area contributed by atoms with Gasteiger partial charge in [0.05, 0.1) is 0 Å². The van der Waals surface area contributed by atoms with Crippen LogP contribution in [0.3, 0.4) is 0 Å². The first-order chi connectivity index (χ1) is 6.86. The second-order valence-electron chi connectivity index (χ2n) is 3.71. The summed E-state index contributed by atoms with van der Waals surface area (Å²) >= 11 is 0. The molecule has 5 heteroatoms. The first-order valence-electron chi connectivity index (χ1n) is 4.89. The number of fused-ring (bicyclic) bond motifs is 3. The first-order valence-corrected chi connectivity index (χ1v) is 4.89. The molecule has 1 fully saturated rings. The summed E-state index contributed by atoms with van der Waals surface area (Å²) in [7, 11) is 0. The minimum Gasteiger partial charge on any atom is -0.350 e. The highest BCUT2D eigenvalue weighted by atomic mass is 16.2. The Hall–Kier alpha value is -1.36. The Labute approximate surface area is 82.1 Å². The van der Waals surface area contributed by atoms with E-state index in [9.17, 15) is 4.79 Å². The summed E-state index contributed by atoms with van der Waals surface area (Å²) in [6, 6.07) is -0.136. The molecule has 1 N–H and O–H groups in total. The standard InChI is InChI=1S/C9H12N4O/c14-9-11-2-1-8-12-4-3-10-5-7(12)6-13(8)9/h2,6,8,10H,1,3-5H2. The maximum absolute atomic E-state index is 11.5. The molecule has 3 rings (SSSR count). The van der Waals surface area contributed by atoms with Crippen LogP contribution < -0.4 is 5.32 Å². The smallest absolute Gasteiger partial charge is 0.348 e. The molecule has 0 bridgehead atoms. The number of carbonyl (C=O) groups is 1. The first kappa shape index (κ1) is 7.99. The minimum absolute atomic E-state index is 0.136. The zero-order valence-electron chi connectivity index (χ0n) is 7.81. The number of piperazine rings is 1. The quantitative estimate of drug-likeness (QED) is 0.586. The van der Waals surface area contributed by atoms with Crippen molar-refractivity contribution in [3.63, 3.8) is 0 Å². The van der Waals surface area contributed by atoms with Crippen LogP contribution in [0.25, 0.3) is 0 Å². The average Bonchev–Trinajstić information content (AvgIpc) is 2.59. The molecule has 74 valence electrons. The molecular formula is C9H12N4O. The van der Waals surface area contributed by atoms with Crippen molar-refractivity contribution in [3.8, 4) is 0 Å². The third kappa shape index (κ3) is 0.988. The summed E-state index contributed by atoms with van der Waals surface area (Å²) in [5.74, 6) is 0. The van der Waals surface area contributed by atoms with Crippen LogP contribution in [0, 0.1) is 0 Å². The van der Waals surface area contributed by atoms with E-state index in [1.54, 1.807) is 11.1 Å². The third-order valence-electron chi connectivity index (χ3n) is 2.91. The number of rotatable bonds is 0. The van der Waals surface area contributed by atoms with Crippen LogP contribution in [-0.4, -0.2) is 47.8 Å². The van der Waals surface area contributed by atoms with Crippen molar-refractivity contribution in [1.29, 1.82) is 0 Å². The van der Waals surface area contributed by atoms with Crippen LogP contribution in [0.2, 0.25) is 0 Å². The highest BCUT2D eigenvalue weighted by Crippen LogP contribution is 2.27. The molecular weight excluding hydrogens is 180 g/mol. The zero-order chi connectivity index (χ0) is 9.54. The molecule has 0 aliphatic carbocycles. The molecule has 14 heavy (non-hydrogen) atoms. The van der Waals surface area contributed by atoms with E-state index in [0.29, 0.717) is 0 Å². The number of hydrogen-bond acceptors (Lipinski definition) is 3. The van der Waals surface area contributed by atoms with E-state index < -0.39 is 0 Å². The van der Waals surface area contributed by atoms with Crippen LogP contribution in [0.5, 0.6) is 0 Å². The molecule has 1 unspecified atom stereocenters. The molecule has 0 aromatic carbocycles. The van der Waals surface area contributed by atoms with Gasteiger partial charge in [-0.25, -0.2) is 9.79 Å². The van der Waals surface area contributed by atoms with Crippen LogP contribution in [0.4, 0.5) is 4.79 Å². The van der Waals surface area contributed by atoms with Gasteiger partial charge in [0.25, 0.3) is 0 Å². The van der Waals surface area contributed by atoms with Gasteiger partial charge < -0.3 is 10.2 Å². The molecule has 3 aliphatic heterocycles. The summed E-state index contributed by atoms with van der Waals surface area (Å²) < 4.78 is 0. The number of hydrogen-bond donors (Lipinski definition) is 1. The van der Waals surface area contributed by atoms with Gasteiger partial charge in [-0.3, -0.25) is 4.90 Å². The number of aliphatic imine (C=N–C) groups is 1. The van der Waals surface area contributed by atoms with E-state index in [0.717, 1.165) is 26.1 Å². The Balaban J connectivity index is 1.93. The normalized spacial score (nSPS) is 30.1. The number of amides is 2. The van der Waals surface area contributed by atoms with Gasteiger partial charge in [-0.15, -0.1) is 0 Å². The fourth-order valence-corrected chi connectivity index (χ4v) is 2.23. The maximum Gasteiger partial charge on any atom is 0.348 e. The van der Waals surface area contributed by atoms with Crippen molar-refractivity contribution in [1.82, 2.24) is 15.1 Å².